The van der Waals surface area contributed by atoms with E-state index in [9.17, 15) is 5.11 Å². The minimum atomic E-state index is 0.154. The van der Waals surface area contributed by atoms with Gasteiger partial charge in [0.25, 0.3) is 5.89 Å². The second kappa shape index (κ2) is 6.33. The third-order valence-corrected chi connectivity index (χ3v) is 3.15. The highest BCUT2D eigenvalue weighted by Crippen LogP contribution is 2.26. The summed E-state index contributed by atoms with van der Waals surface area (Å²) in [6, 6.07) is 6.96. The van der Waals surface area contributed by atoms with E-state index < -0.39 is 0 Å². The van der Waals surface area contributed by atoms with E-state index in [0.29, 0.717) is 17.3 Å². The Morgan fingerprint density at radius 3 is 2.63 bits per heavy atom. The van der Waals surface area contributed by atoms with Crippen molar-refractivity contribution in [1.82, 2.24) is 15.0 Å². The average Bonchev–Trinajstić information content (AvgIpc) is 2.89. The lowest BCUT2D eigenvalue weighted by Gasteiger charge is -2.16. The molecule has 102 valence electrons. The van der Waals surface area contributed by atoms with E-state index in [0.717, 1.165) is 26.1 Å². The zero-order valence-corrected chi connectivity index (χ0v) is 11.3. The van der Waals surface area contributed by atoms with E-state index in [1.165, 1.54) is 0 Å². The molecule has 0 fully saturated rings. The molecule has 1 heterocycles. The van der Waals surface area contributed by atoms with Crippen LogP contribution >= 0.6 is 0 Å². The van der Waals surface area contributed by atoms with Gasteiger partial charge < -0.3 is 14.5 Å². The third kappa shape index (κ3) is 3.32. The molecule has 19 heavy (non-hydrogen) atoms. The molecule has 0 saturated heterocycles. The van der Waals surface area contributed by atoms with E-state index >= 15 is 0 Å². The van der Waals surface area contributed by atoms with Crippen LogP contribution in [-0.4, -0.2) is 39.8 Å². The van der Waals surface area contributed by atoms with Crippen molar-refractivity contribution in [3.8, 4) is 17.2 Å². The Morgan fingerprint density at radius 1 is 1.21 bits per heavy atom. The Hall–Kier alpha value is -1.88. The van der Waals surface area contributed by atoms with Gasteiger partial charge in [0.15, 0.2) is 5.82 Å². The van der Waals surface area contributed by atoms with Gasteiger partial charge in [0.05, 0.1) is 5.56 Å². The van der Waals surface area contributed by atoms with Crippen molar-refractivity contribution in [2.45, 2.75) is 20.3 Å². The molecular weight excluding hydrogens is 242 g/mol. The fourth-order valence-electron chi connectivity index (χ4n) is 1.92. The van der Waals surface area contributed by atoms with Gasteiger partial charge in [-0.05, 0) is 25.2 Å². The van der Waals surface area contributed by atoms with Crippen LogP contribution in [0, 0.1) is 0 Å². The molecule has 5 heteroatoms. The van der Waals surface area contributed by atoms with Crippen LogP contribution in [0.2, 0.25) is 0 Å². The molecule has 0 bridgehead atoms. The van der Waals surface area contributed by atoms with Crippen molar-refractivity contribution in [2.24, 2.45) is 0 Å². The number of para-hydroxylation sites is 1. The number of phenolic OH excluding ortho intramolecular Hbond substituents is 1. The van der Waals surface area contributed by atoms with Crippen LogP contribution in [0.3, 0.4) is 0 Å². The smallest absolute Gasteiger partial charge is 0.261 e. The van der Waals surface area contributed by atoms with Gasteiger partial charge in [-0.3, -0.25) is 0 Å². The fraction of sp³-hybridized carbons (Fsp3) is 0.429. The van der Waals surface area contributed by atoms with Crippen LogP contribution in [0.25, 0.3) is 11.5 Å². The number of aromatic nitrogens is 2. The van der Waals surface area contributed by atoms with E-state index in [4.69, 9.17) is 4.52 Å². The lowest BCUT2D eigenvalue weighted by molar-refractivity contribution is 0.303. The predicted molar refractivity (Wildman–Crippen MR) is 72.9 cm³/mol. The van der Waals surface area contributed by atoms with Crippen LogP contribution in [0.1, 0.15) is 19.7 Å². The normalized spacial score (nSPS) is 11.1. The second-order valence-electron chi connectivity index (χ2n) is 4.31. The number of likely N-dealkylation sites (N-methyl/N-ethyl adjacent to an activating group) is 1. The van der Waals surface area contributed by atoms with Gasteiger partial charge in [-0.25, -0.2) is 0 Å². The molecule has 0 saturated carbocycles. The van der Waals surface area contributed by atoms with Gasteiger partial charge in [-0.15, -0.1) is 0 Å². The summed E-state index contributed by atoms with van der Waals surface area (Å²) in [7, 11) is 0. The SMILES string of the molecule is CCN(CC)CCc1noc(-c2ccccc2O)n1. The second-order valence-corrected chi connectivity index (χ2v) is 4.31. The monoisotopic (exact) mass is 261 g/mol. The molecule has 1 aromatic heterocycles. The quantitative estimate of drug-likeness (QED) is 0.864. The van der Waals surface area contributed by atoms with Gasteiger partial charge in [-0.1, -0.05) is 31.1 Å². The first-order chi connectivity index (χ1) is 9.24. The Bertz CT molecular complexity index is 521. The third-order valence-electron chi connectivity index (χ3n) is 3.15. The molecule has 0 aliphatic heterocycles. The van der Waals surface area contributed by atoms with Crippen molar-refractivity contribution < 1.29 is 9.63 Å². The number of phenols is 1. The summed E-state index contributed by atoms with van der Waals surface area (Å²) in [5.41, 5.74) is 0.573. The van der Waals surface area contributed by atoms with Crippen LogP contribution in [0.15, 0.2) is 28.8 Å². The first-order valence-corrected chi connectivity index (χ1v) is 6.57. The number of hydrogen-bond acceptors (Lipinski definition) is 5. The fourth-order valence-corrected chi connectivity index (χ4v) is 1.92. The van der Waals surface area contributed by atoms with Crippen LogP contribution in [0.4, 0.5) is 0 Å². The van der Waals surface area contributed by atoms with Crippen molar-refractivity contribution in [2.75, 3.05) is 19.6 Å². The topological polar surface area (TPSA) is 62.4 Å². The van der Waals surface area contributed by atoms with E-state index in [1.807, 2.05) is 6.07 Å². The lowest BCUT2D eigenvalue weighted by atomic mass is 10.2. The first-order valence-electron chi connectivity index (χ1n) is 6.57. The molecule has 0 amide bonds. The molecule has 0 spiro atoms. The molecule has 0 aliphatic carbocycles. The summed E-state index contributed by atoms with van der Waals surface area (Å²) < 4.78 is 5.19. The largest absolute Gasteiger partial charge is 0.507 e. The Morgan fingerprint density at radius 2 is 1.95 bits per heavy atom. The average molecular weight is 261 g/mol. The van der Waals surface area contributed by atoms with E-state index in [2.05, 4.69) is 28.9 Å². The van der Waals surface area contributed by atoms with Crippen molar-refractivity contribution >= 4 is 0 Å². The molecule has 0 radical (unpaired) electrons. The Kier molecular flexibility index (Phi) is 4.52. The number of rotatable bonds is 6. The maximum Gasteiger partial charge on any atom is 0.261 e. The van der Waals surface area contributed by atoms with Crippen molar-refractivity contribution in [3.05, 3.63) is 30.1 Å². The summed E-state index contributed by atoms with van der Waals surface area (Å²) >= 11 is 0. The molecule has 1 N–H and O–H groups in total. The standard InChI is InChI=1S/C14H19N3O2/c1-3-17(4-2)10-9-13-15-14(19-16-13)11-7-5-6-8-12(11)18/h5-8,18H,3-4,9-10H2,1-2H3. The molecule has 0 unspecified atom stereocenters. The van der Waals surface area contributed by atoms with Crippen LogP contribution < -0.4 is 0 Å². The van der Waals surface area contributed by atoms with Crippen molar-refractivity contribution in [3.63, 3.8) is 0 Å². The van der Waals surface area contributed by atoms with Gasteiger partial charge >= 0.3 is 0 Å². The van der Waals surface area contributed by atoms with Gasteiger partial charge in [0.2, 0.25) is 0 Å². The van der Waals surface area contributed by atoms with E-state index in [-0.39, 0.29) is 5.75 Å². The summed E-state index contributed by atoms with van der Waals surface area (Å²) in [5, 5.41) is 13.7. The van der Waals surface area contributed by atoms with Crippen LogP contribution in [0.5, 0.6) is 5.75 Å². The molecule has 0 atom stereocenters. The summed E-state index contributed by atoms with van der Waals surface area (Å²) in [4.78, 5) is 6.62. The molecule has 0 aliphatic rings. The summed E-state index contributed by atoms with van der Waals surface area (Å²) in [6.07, 6.45) is 0.749. The number of hydrogen-bond donors (Lipinski definition) is 1. The zero-order valence-electron chi connectivity index (χ0n) is 11.3. The van der Waals surface area contributed by atoms with Gasteiger partial charge in [0, 0.05) is 13.0 Å². The number of nitrogens with zero attached hydrogens (tertiary/aromatic N) is 3. The maximum absolute atomic E-state index is 9.73. The van der Waals surface area contributed by atoms with Gasteiger partial charge in [0.1, 0.15) is 5.75 Å². The summed E-state index contributed by atoms with van der Waals surface area (Å²) in [5.74, 6) is 1.19. The van der Waals surface area contributed by atoms with Gasteiger partial charge in [-0.2, -0.15) is 4.98 Å². The highest BCUT2D eigenvalue weighted by Gasteiger charge is 2.12. The van der Waals surface area contributed by atoms with Crippen LogP contribution in [-0.2, 0) is 6.42 Å². The Labute approximate surface area is 112 Å². The highest BCUT2D eigenvalue weighted by atomic mass is 16.5. The molecule has 5 nitrogen and oxygen atoms in total. The summed E-state index contributed by atoms with van der Waals surface area (Å²) in [6.45, 7) is 7.20. The molecule has 2 rings (SSSR count). The first kappa shape index (κ1) is 13.5. The number of benzene rings is 1. The molecular formula is C14H19N3O2. The highest BCUT2D eigenvalue weighted by molar-refractivity contribution is 5.61. The van der Waals surface area contributed by atoms with E-state index in [1.54, 1.807) is 18.2 Å². The van der Waals surface area contributed by atoms with Crippen molar-refractivity contribution in [1.29, 1.82) is 0 Å². The lowest BCUT2D eigenvalue weighted by Crippen LogP contribution is -2.25. The molecule has 1 aromatic carbocycles. The molecule has 2 aromatic rings. The minimum Gasteiger partial charge on any atom is -0.507 e. The Balaban J connectivity index is 2.05. The minimum absolute atomic E-state index is 0.154. The zero-order chi connectivity index (χ0) is 13.7. The predicted octanol–water partition coefficient (Wildman–Crippen LogP) is 2.33. The maximum atomic E-state index is 9.73. The number of aromatic hydroxyl groups is 1.